The van der Waals surface area contributed by atoms with Gasteiger partial charge in [0.1, 0.15) is 0 Å². The van der Waals surface area contributed by atoms with E-state index >= 15 is 0 Å². The molecule has 0 radical (unpaired) electrons. The average Bonchev–Trinajstić information content (AvgIpc) is 1.71. The fraction of sp³-hybridized carbons (Fsp3) is 1.00. The Morgan fingerprint density at radius 3 is 1.38 bits per heavy atom. The minimum Gasteiger partial charge on any atom is -0.317 e. The maximum atomic E-state index is 3.11. The lowest BCUT2D eigenvalue weighted by molar-refractivity contribution is 0.762. The summed E-state index contributed by atoms with van der Waals surface area (Å²) in [4.78, 5) is 0. The molecule has 0 rings (SSSR count). The molecule has 1 N–H and O–H groups in total. The van der Waals surface area contributed by atoms with Crippen LogP contribution < -0.4 is 5.32 Å². The van der Waals surface area contributed by atoms with Gasteiger partial charge in [-0.25, -0.2) is 0 Å². The van der Waals surface area contributed by atoms with Crippen molar-refractivity contribution in [2.75, 3.05) is 19.3 Å². The quantitative estimate of drug-likeness (QED) is 0.566. The molecule has 1 atom stereocenters. The lowest BCUT2D eigenvalue weighted by Gasteiger charge is -1.86. The van der Waals surface area contributed by atoms with E-state index in [0.717, 1.165) is 13.1 Å². The van der Waals surface area contributed by atoms with Crippen LogP contribution in [0.2, 0.25) is 0 Å². The summed E-state index contributed by atoms with van der Waals surface area (Å²) in [6, 6.07) is 0. The standard InChI is InChI=1S/C4H11N.C2H7P/c1-3-5-4-2;1-2-3/h5H,3-4H2,1-2H3;2-3H2,1H3. The van der Waals surface area contributed by atoms with Crippen molar-refractivity contribution < 1.29 is 0 Å². The lowest BCUT2D eigenvalue weighted by Crippen LogP contribution is -2.09. The topological polar surface area (TPSA) is 12.0 Å². The van der Waals surface area contributed by atoms with Crippen molar-refractivity contribution in [2.45, 2.75) is 20.8 Å². The second kappa shape index (κ2) is 15.7. The van der Waals surface area contributed by atoms with E-state index in [2.05, 4.69) is 35.3 Å². The van der Waals surface area contributed by atoms with Crippen molar-refractivity contribution >= 4 is 9.24 Å². The van der Waals surface area contributed by atoms with Gasteiger partial charge in [-0.3, -0.25) is 0 Å². The molecule has 2 heteroatoms. The van der Waals surface area contributed by atoms with Gasteiger partial charge in [0, 0.05) is 0 Å². The van der Waals surface area contributed by atoms with Crippen molar-refractivity contribution in [3.63, 3.8) is 0 Å². The normalized spacial score (nSPS) is 7.50. The smallest absolute Gasteiger partial charge is 0.00775 e. The molecule has 0 aromatic heterocycles. The molecule has 0 amide bonds. The molecule has 52 valence electrons. The van der Waals surface area contributed by atoms with E-state index < -0.39 is 0 Å². The van der Waals surface area contributed by atoms with Crippen LogP contribution in [0.3, 0.4) is 0 Å². The summed E-state index contributed by atoms with van der Waals surface area (Å²) >= 11 is 0. The largest absolute Gasteiger partial charge is 0.317 e. The van der Waals surface area contributed by atoms with Gasteiger partial charge in [0.15, 0.2) is 0 Å². The van der Waals surface area contributed by atoms with E-state index in [1.807, 2.05) is 0 Å². The van der Waals surface area contributed by atoms with E-state index in [0.29, 0.717) is 0 Å². The summed E-state index contributed by atoms with van der Waals surface area (Å²) in [5.74, 6) is 0. The van der Waals surface area contributed by atoms with Gasteiger partial charge in [0.25, 0.3) is 0 Å². The van der Waals surface area contributed by atoms with Gasteiger partial charge in [0.2, 0.25) is 0 Å². The van der Waals surface area contributed by atoms with Crippen LogP contribution in [0.5, 0.6) is 0 Å². The SMILES string of the molecule is CCNCC.CCP. The summed E-state index contributed by atoms with van der Waals surface area (Å²) in [5, 5.41) is 3.11. The zero-order chi connectivity index (χ0) is 6.83. The molecule has 0 saturated carbocycles. The average molecular weight is 135 g/mol. The Labute approximate surface area is 55.4 Å². The molecule has 1 unspecified atom stereocenters. The van der Waals surface area contributed by atoms with Crippen LogP contribution in [0.4, 0.5) is 0 Å². The predicted molar refractivity (Wildman–Crippen MR) is 44.5 cm³/mol. The first-order chi connectivity index (χ1) is 3.83. The Balaban J connectivity index is 0. The van der Waals surface area contributed by atoms with Crippen molar-refractivity contribution in [3.05, 3.63) is 0 Å². The zero-order valence-electron chi connectivity index (χ0n) is 6.20. The third-order valence-electron chi connectivity index (χ3n) is 0.500. The minimum atomic E-state index is 1.09. The first-order valence-electron chi connectivity index (χ1n) is 3.24. The monoisotopic (exact) mass is 135 g/mol. The van der Waals surface area contributed by atoms with Crippen LogP contribution in [0.15, 0.2) is 0 Å². The molecule has 1 nitrogen and oxygen atoms in total. The summed E-state index contributed by atoms with van der Waals surface area (Å²) in [6.45, 7) is 8.48. The van der Waals surface area contributed by atoms with Gasteiger partial charge in [-0.15, -0.1) is 9.24 Å². The van der Waals surface area contributed by atoms with Crippen molar-refractivity contribution in [3.8, 4) is 0 Å². The third-order valence-corrected chi connectivity index (χ3v) is 0.500. The molecule has 0 aromatic carbocycles. The van der Waals surface area contributed by atoms with Crippen LogP contribution in [0.1, 0.15) is 20.8 Å². The number of nitrogens with one attached hydrogen (secondary N) is 1. The Morgan fingerprint density at radius 1 is 1.12 bits per heavy atom. The lowest BCUT2D eigenvalue weighted by atomic mass is 10.7. The number of hydrogen-bond donors (Lipinski definition) is 1. The maximum Gasteiger partial charge on any atom is -0.00775 e. The minimum absolute atomic E-state index is 1.09. The Bertz CT molecular complexity index is 22.5. The van der Waals surface area contributed by atoms with E-state index in [1.54, 1.807) is 0 Å². The third kappa shape index (κ3) is 32.5. The first kappa shape index (κ1) is 11.2. The fourth-order valence-corrected chi connectivity index (χ4v) is 0.250. The molecular formula is C6H18NP. The summed E-state index contributed by atoms with van der Waals surface area (Å²) in [7, 11) is 2.58. The highest BCUT2D eigenvalue weighted by Crippen LogP contribution is 1.68. The van der Waals surface area contributed by atoms with Gasteiger partial charge < -0.3 is 5.32 Å². The maximum absolute atomic E-state index is 3.11. The van der Waals surface area contributed by atoms with Gasteiger partial charge in [-0.2, -0.15) is 0 Å². The Kier molecular flexibility index (Phi) is 22.0. The van der Waals surface area contributed by atoms with Crippen molar-refractivity contribution in [1.29, 1.82) is 0 Å². The summed E-state index contributed by atoms with van der Waals surface area (Å²) in [5.41, 5.74) is 0. The van der Waals surface area contributed by atoms with Crippen LogP contribution in [0, 0.1) is 0 Å². The number of rotatable bonds is 2. The molecule has 0 aliphatic carbocycles. The highest BCUT2D eigenvalue weighted by atomic mass is 31.0. The highest BCUT2D eigenvalue weighted by molar-refractivity contribution is 7.16. The van der Waals surface area contributed by atoms with Crippen molar-refractivity contribution in [2.24, 2.45) is 0 Å². The van der Waals surface area contributed by atoms with Crippen LogP contribution in [0.25, 0.3) is 0 Å². The molecular weight excluding hydrogens is 117 g/mol. The highest BCUT2D eigenvalue weighted by Gasteiger charge is 1.62. The molecule has 0 aliphatic heterocycles. The zero-order valence-corrected chi connectivity index (χ0v) is 7.35. The van der Waals surface area contributed by atoms with Crippen LogP contribution in [-0.4, -0.2) is 19.3 Å². The second-order valence-corrected chi connectivity index (χ2v) is 2.18. The van der Waals surface area contributed by atoms with E-state index in [9.17, 15) is 0 Å². The molecule has 0 heterocycles. The van der Waals surface area contributed by atoms with Gasteiger partial charge in [-0.1, -0.05) is 20.8 Å². The molecule has 0 bridgehead atoms. The molecule has 0 aromatic rings. The first-order valence-corrected chi connectivity index (χ1v) is 4.05. The van der Waals surface area contributed by atoms with Crippen molar-refractivity contribution in [1.82, 2.24) is 5.32 Å². The van der Waals surface area contributed by atoms with E-state index in [-0.39, 0.29) is 0 Å². The van der Waals surface area contributed by atoms with Crippen LogP contribution in [-0.2, 0) is 0 Å². The molecule has 0 saturated heterocycles. The van der Waals surface area contributed by atoms with E-state index in [4.69, 9.17) is 0 Å². The second-order valence-electron chi connectivity index (χ2n) is 1.37. The molecule has 0 spiro atoms. The Morgan fingerprint density at radius 2 is 1.38 bits per heavy atom. The van der Waals surface area contributed by atoms with Gasteiger partial charge >= 0.3 is 0 Å². The predicted octanol–water partition coefficient (Wildman–Crippen LogP) is 1.50. The van der Waals surface area contributed by atoms with Gasteiger partial charge in [-0.05, 0) is 19.3 Å². The fourth-order valence-electron chi connectivity index (χ4n) is 0.250. The van der Waals surface area contributed by atoms with Gasteiger partial charge in [0.05, 0.1) is 0 Å². The Hall–Kier alpha value is 0.390. The number of hydrogen-bond acceptors (Lipinski definition) is 1. The summed E-state index contributed by atoms with van der Waals surface area (Å²) in [6.07, 6.45) is 1.17. The van der Waals surface area contributed by atoms with E-state index in [1.165, 1.54) is 6.16 Å². The van der Waals surface area contributed by atoms with Crippen LogP contribution >= 0.6 is 9.24 Å². The summed E-state index contributed by atoms with van der Waals surface area (Å²) < 4.78 is 0. The molecule has 8 heavy (non-hydrogen) atoms. The molecule has 0 aliphatic rings. The molecule has 0 fully saturated rings.